The smallest absolute Gasteiger partial charge is 0.253 e. The maximum Gasteiger partial charge on any atom is 0.253 e. The van der Waals surface area contributed by atoms with Gasteiger partial charge in [-0.1, -0.05) is 37.0 Å². The summed E-state index contributed by atoms with van der Waals surface area (Å²) in [5.74, 6) is -0.683. The second-order valence-corrected chi connectivity index (χ2v) is 4.22. The molecule has 15 heavy (non-hydrogen) atoms. The first-order valence-electron chi connectivity index (χ1n) is 4.41. The second-order valence-electron chi connectivity index (χ2n) is 3.40. The molecule has 0 saturated heterocycles. The minimum absolute atomic E-state index is 0.288. The number of benzene rings is 1. The number of amides is 1. The van der Waals surface area contributed by atoms with E-state index in [9.17, 15) is 10.0 Å². The summed E-state index contributed by atoms with van der Waals surface area (Å²) in [4.78, 5) is 11.4. The summed E-state index contributed by atoms with van der Waals surface area (Å²) in [6.45, 7) is 3.39. The molecule has 0 aromatic heterocycles. The van der Waals surface area contributed by atoms with Gasteiger partial charge >= 0.3 is 0 Å². The zero-order valence-electron chi connectivity index (χ0n) is 8.37. The second kappa shape index (κ2) is 4.84. The van der Waals surface area contributed by atoms with E-state index in [4.69, 9.17) is 23.2 Å². The van der Waals surface area contributed by atoms with Crippen LogP contribution in [-0.4, -0.2) is 11.1 Å². The van der Waals surface area contributed by atoms with Crippen LogP contribution >= 0.6 is 23.2 Å². The predicted molar refractivity (Wildman–Crippen MR) is 60.6 cm³/mol. The molecule has 0 spiro atoms. The van der Waals surface area contributed by atoms with E-state index in [1.807, 2.05) is 0 Å². The molecular formula is C10H11Cl2NO2. The zero-order chi connectivity index (χ0) is 11.6. The van der Waals surface area contributed by atoms with Gasteiger partial charge in [-0.15, -0.1) is 0 Å². The van der Waals surface area contributed by atoms with Crippen molar-refractivity contribution >= 4 is 34.8 Å². The Hall–Kier alpha value is -0.770. The third kappa shape index (κ3) is 2.84. The van der Waals surface area contributed by atoms with Crippen molar-refractivity contribution in [3.63, 3.8) is 0 Å². The first-order valence-corrected chi connectivity index (χ1v) is 5.17. The summed E-state index contributed by atoms with van der Waals surface area (Å²) in [6, 6.07) is 4.48. The van der Waals surface area contributed by atoms with Gasteiger partial charge in [0.25, 0.3) is 5.91 Å². The number of halogens is 2. The minimum Gasteiger partial charge on any atom is -0.281 e. The van der Waals surface area contributed by atoms with Gasteiger partial charge in [0, 0.05) is 5.92 Å². The molecule has 0 atom stereocenters. The van der Waals surface area contributed by atoms with Crippen LogP contribution in [0, 0.1) is 5.92 Å². The lowest BCUT2D eigenvalue weighted by Crippen LogP contribution is -2.30. The van der Waals surface area contributed by atoms with E-state index >= 15 is 0 Å². The minimum atomic E-state index is -0.395. The SMILES string of the molecule is CC(C)C(=O)N(O)c1ccc(Cl)c(Cl)c1. The predicted octanol–water partition coefficient (Wildman–Crippen LogP) is 3.37. The average molecular weight is 248 g/mol. The summed E-state index contributed by atoms with van der Waals surface area (Å²) in [5, 5.41) is 10.8. The van der Waals surface area contributed by atoms with E-state index in [1.165, 1.54) is 18.2 Å². The molecule has 82 valence electrons. The van der Waals surface area contributed by atoms with Crippen LogP contribution in [0.15, 0.2) is 18.2 Å². The standard InChI is InChI=1S/C10H11Cl2NO2/c1-6(2)10(14)13(15)7-3-4-8(11)9(12)5-7/h3-6,15H,1-2H3. The highest BCUT2D eigenvalue weighted by Crippen LogP contribution is 2.27. The van der Waals surface area contributed by atoms with E-state index in [0.717, 1.165) is 0 Å². The molecule has 1 rings (SSSR count). The first kappa shape index (κ1) is 12.3. The number of nitrogens with zero attached hydrogens (tertiary/aromatic N) is 1. The molecule has 0 bridgehead atoms. The number of carbonyl (C=O) groups is 1. The fourth-order valence-electron chi connectivity index (χ4n) is 0.989. The van der Waals surface area contributed by atoms with Gasteiger partial charge in [-0.25, -0.2) is 0 Å². The van der Waals surface area contributed by atoms with Crippen LogP contribution in [0.3, 0.4) is 0 Å². The van der Waals surface area contributed by atoms with Crippen LogP contribution in [0.4, 0.5) is 5.69 Å². The van der Waals surface area contributed by atoms with Gasteiger partial charge in [-0.2, -0.15) is 5.06 Å². The molecule has 0 heterocycles. The number of hydrogen-bond donors (Lipinski definition) is 1. The number of rotatable bonds is 2. The Balaban J connectivity index is 2.97. The fourth-order valence-corrected chi connectivity index (χ4v) is 1.28. The van der Waals surface area contributed by atoms with Crippen LogP contribution in [0.2, 0.25) is 10.0 Å². The van der Waals surface area contributed by atoms with Crippen molar-refractivity contribution in [1.82, 2.24) is 0 Å². The van der Waals surface area contributed by atoms with Crippen molar-refractivity contribution < 1.29 is 10.0 Å². The van der Waals surface area contributed by atoms with Crippen molar-refractivity contribution in [2.75, 3.05) is 5.06 Å². The van der Waals surface area contributed by atoms with Crippen LogP contribution in [0.1, 0.15) is 13.8 Å². The Morgan fingerprint density at radius 3 is 2.40 bits per heavy atom. The lowest BCUT2D eigenvalue weighted by molar-refractivity contribution is -0.126. The molecule has 5 heteroatoms. The maximum absolute atomic E-state index is 11.4. The van der Waals surface area contributed by atoms with Crippen molar-refractivity contribution in [3.05, 3.63) is 28.2 Å². The van der Waals surface area contributed by atoms with Crippen molar-refractivity contribution in [2.24, 2.45) is 5.92 Å². The number of carbonyl (C=O) groups excluding carboxylic acids is 1. The van der Waals surface area contributed by atoms with Gasteiger partial charge < -0.3 is 0 Å². The Morgan fingerprint density at radius 2 is 1.93 bits per heavy atom. The molecule has 0 radical (unpaired) electrons. The third-order valence-electron chi connectivity index (χ3n) is 1.85. The maximum atomic E-state index is 11.4. The summed E-state index contributed by atoms with van der Waals surface area (Å²) in [5.41, 5.74) is 0.308. The molecule has 0 unspecified atom stereocenters. The molecule has 1 amide bonds. The lowest BCUT2D eigenvalue weighted by atomic mass is 10.2. The molecule has 0 aliphatic heterocycles. The summed E-state index contributed by atoms with van der Waals surface area (Å²) < 4.78 is 0. The van der Waals surface area contributed by atoms with Crippen LogP contribution in [-0.2, 0) is 4.79 Å². The van der Waals surface area contributed by atoms with E-state index < -0.39 is 5.91 Å². The molecule has 3 nitrogen and oxygen atoms in total. The van der Waals surface area contributed by atoms with E-state index in [0.29, 0.717) is 20.8 Å². The van der Waals surface area contributed by atoms with Crippen LogP contribution in [0.5, 0.6) is 0 Å². The van der Waals surface area contributed by atoms with Gasteiger partial charge in [0.1, 0.15) is 0 Å². The Kier molecular flexibility index (Phi) is 3.97. The highest BCUT2D eigenvalue weighted by molar-refractivity contribution is 6.42. The molecule has 1 aromatic carbocycles. The zero-order valence-corrected chi connectivity index (χ0v) is 9.88. The van der Waals surface area contributed by atoms with Gasteiger partial charge in [-0.05, 0) is 18.2 Å². The van der Waals surface area contributed by atoms with E-state index in [2.05, 4.69) is 0 Å². The number of hydroxylamine groups is 1. The number of hydrogen-bond acceptors (Lipinski definition) is 2. The number of anilines is 1. The summed E-state index contributed by atoms with van der Waals surface area (Å²) in [7, 11) is 0. The molecule has 0 fully saturated rings. The Morgan fingerprint density at radius 1 is 1.33 bits per heavy atom. The monoisotopic (exact) mass is 247 g/mol. The Bertz CT molecular complexity index is 380. The van der Waals surface area contributed by atoms with Crippen LogP contribution in [0.25, 0.3) is 0 Å². The van der Waals surface area contributed by atoms with Gasteiger partial charge in [-0.3, -0.25) is 10.0 Å². The highest BCUT2D eigenvalue weighted by Gasteiger charge is 2.17. The van der Waals surface area contributed by atoms with Crippen molar-refractivity contribution in [3.8, 4) is 0 Å². The molecule has 0 saturated carbocycles. The fraction of sp³-hybridized carbons (Fsp3) is 0.300. The topological polar surface area (TPSA) is 40.5 Å². The average Bonchev–Trinajstić information content (AvgIpc) is 2.19. The molecule has 0 aliphatic rings. The normalized spacial score (nSPS) is 10.5. The third-order valence-corrected chi connectivity index (χ3v) is 2.59. The lowest BCUT2D eigenvalue weighted by Gasteiger charge is -2.17. The van der Waals surface area contributed by atoms with Gasteiger partial charge in [0.2, 0.25) is 0 Å². The van der Waals surface area contributed by atoms with Gasteiger partial charge in [0.15, 0.2) is 0 Å². The Labute approximate surface area is 98.2 Å². The van der Waals surface area contributed by atoms with Gasteiger partial charge in [0.05, 0.1) is 15.7 Å². The molecule has 1 aromatic rings. The van der Waals surface area contributed by atoms with Crippen molar-refractivity contribution in [2.45, 2.75) is 13.8 Å². The van der Waals surface area contributed by atoms with Crippen molar-refractivity contribution in [1.29, 1.82) is 0 Å². The molecule has 0 aliphatic carbocycles. The van der Waals surface area contributed by atoms with E-state index in [-0.39, 0.29) is 5.92 Å². The largest absolute Gasteiger partial charge is 0.281 e. The quantitative estimate of drug-likeness (QED) is 0.643. The highest BCUT2D eigenvalue weighted by atomic mass is 35.5. The summed E-state index contributed by atoms with van der Waals surface area (Å²) in [6.07, 6.45) is 0. The summed E-state index contributed by atoms with van der Waals surface area (Å²) >= 11 is 11.5. The van der Waals surface area contributed by atoms with E-state index in [1.54, 1.807) is 13.8 Å². The van der Waals surface area contributed by atoms with Crippen LogP contribution < -0.4 is 5.06 Å². The molecule has 1 N–H and O–H groups in total. The first-order chi connectivity index (χ1) is 6.93. The molecular weight excluding hydrogens is 237 g/mol.